The summed E-state index contributed by atoms with van der Waals surface area (Å²) in [7, 11) is 0. The van der Waals surface area contributed by atoms with E-state index in [2.05, 4.69) is 5.32 Å². The zero-order chi connectivity index (χ0) is 13.7. The van der Waals surface area contributed by atoms with Gasteiger partial charge in [-0.25, -0.2) is 0 Å². The summed E-state index contributed by atoms with van der Waals surface area (Å²) in [5.74, 6) is 0.433. The van der Waals surface area contributed by atoms with Gasteiger partial charge in [0.15, 0.2) is 0 Å². The number of carbonyl (C=O) groups is 2. The number of amides is 2. The Kier molecular flexibility index (Phi) is 4.55. The number of nitrogens with zero attached hydrogens (tertiary/aromatic N) is 1. The second-order valence-electron chi connectivity index (χ2n) is 4.96. The molecule has 1 unspecified atom stereocenters. The number of nitrogens with one attached hydrogen (secondary N) is 1. The van der Waals surface area contributed by atoms with Gasteiger partial charge in [0, 0.05) is 37.5 Å². The fourth-order valence-electron chi connectivity index (χ4n) is 2.35. The van der Waals surface area contributed by atoms with Crippen LogP contribution < -0.4 is 10.2 Å². The molecule has 4 nitrogen and oxygen atoms in total. The molecule has 1 atom stereocenters. The lowest BCUT2D eigenvalue weighted by Crippen LogP contribution is -2.31. The summed E-state index contributed by atoms with van der Waals surface area (Å²) in [5.41, 5.74) is 0.940. The smallest absolute Gasteiger partial charge is 0.227 e. The predicted octanol–water partition coefficient (Wildman–Crippen LogP) is 1.96. The SMILES string of the molecule is CCCC(=O)NCC1CC(=O)N(c2ccccc2)C1. The molecule has 1 aliphatic heterocycles. The van der Waals surface area contributed by atoms with Gasteiger partial charge < -0.3 is 10.2 Å². The molecule has 2 rings (SSSR count). The van der Waals surface area contributed by atoms with E-state index in [1.54, 1.807) is 4.90 Å². The third-order valence-corrected chi connectivity index (χ3v) is 3.34. The van der Waals surface area contributed by atoms with Gasteiger partial charge in [0.25, 0.3) is 0 Å². The number of rotatable bonds is 5. The van der Waals surface area contributed by atoms with Crippen molar-refractivity contribution in [2.24, 2.45) is 5.92 Å². The second-order valence-corrected chi connectivity index (χ2v) is 4.96. The van der Waals surface area contributed by atoms with Gasteiger partial charge in [-0.1, -0.05) is 25.1 Å². The summed E-state index contributed by atoms with van der Waals surface area (Å²) in [6, 6.07) is 9.68. The Labute approximate surface area is 113 Å². The fourth-order valence-corrected chi connectivity index (χ4v) is 2.35. The van der Waals surface area contributed by atoms with Crippen molar-refractivity contribution in [2.45, 2.75) is 26.2 Å². The first-order valence-corrected chi connectivity index (χ1v) is 6.82. The standard InChI is InChI=1S/C15H20N2O2/c1-2-6-14(18)16-10-12-9-15(19)17(11-12)13-7-4-3-5-8-13/h3-5,7-8,12H,2,6,9-11H2,1H3,(H,16,18). The molecule has 4 heteroatoms. The van der Waals surface area contributed by atoms with Gasteiger partial charge in [0.2, 0.25) is 11.8 Å². The summed E-state index contributed by atoms with van der Waals surface area (Å²) >= 11 is 0. The van der Waals surface area contributed by atoms with Crippen LogP contribution in [0, 0.1) is 5.92 Å². The van der Waals surface area contributed by atoms with Crippen LogP contribution in [-0.4, -0.2) is 24.9 Å². The van der Waals surface area contributed by atoms with E-state index in [1.165, 1.54) is 0 Å². The lowest BCUT2D eigenvalue weighted by Gasteiger charge is -2.16. The summed E-state index contributed by atoms with van der Waals surface area (Å²) in [6.07, 6.45) is 1.93. The molecule has 0 saturated carbocycles. The highest BCUT2D eigenvalue weighted by Crippen LogP contribution is 2.24. The maximum atomic E-state index is 12.0. The molecule has 1 saturated heterocycles. The largest absolute Gasteiger partial charge is 0.356 e. The number of benzene rings is 1. The molecule has 0 radical (unpaired) electrons. The number of hydrogen-bond donors (Lipinski definition) is 1. The van der Waals surface area contributed by atoms with E-state index in [9.17, 15) is 9.59 Å². The Morgan fingerprint density at radius 2 is 2.11 bits per heavy atom. The van der Waals surface area contributed by atoms with Crippen LogP contribution in [0.4, 0.5) is 5.69 Å². The quantitative estimate of drug-likeness (QED) is 0.879. The van der Waals surface area contributed by atoms with Crippen LogP contribution in [0.1, 0.15) is 26.2 Å². The van der Waals surface area contributed by atoms with E-state index < -0.39 is 0 Å². The van der Waals surface area contributed by atoms with E-state index in [1.807, 2.05) is 37.3 Å². The molecule has 1 fully saturated rings. The highest BCUT2D eigenvalue weighted by atomic mass is 16.2. The van der Waals surface area contributed by atoms with Crippen LogP contribution in [0.5, 0.6) is 0 Å². The average molecular weight is 260 g/mol. The maximum Gasteiger partial charge on any atom is 0.227 e. The third-order valence-electron chi connectivity index (χ3n) is 3.34. The Balaban J connectivity index is 1.88. The lowest BCUT2D eigenvalue weighted by atomic mass is 10.1. The highest BCUT2D eigenvalue weighted by Gasteiger charge is 2.30. The van der Waals surface area contributed by atoms with Crippen molar-refractivity contribution in [1.82, 2.24) is 5.32 Å². The topological polar surface area (TPSA) is 49.4 Å². The van der Waals surface area contributed by atoms with Crippen LogP contribution in [0.15, 0.2) is 30.3 Å². The predicted molar refractivity (Wildman–Crippen MR) is 74.8 cm³/mol. The van der Waals surface area contributed by atoms with Gasteiger partial charge in [-0.15, -0.1) is 0 Å². The number of para-hydroxylation sites is 1. The summed E-state index contributed by atoms with van der Waals surface area (Å²) in [6.45, 7) is 3.26. The first kappa shape index (κ1) is 13.6. The maximum absolute atomic E-state index is 12.0. The van der Waals surface area contributed by atoms with Gasteiger partial charge >= 0.3 is 0 Å². The Bertz CT molecular complexity index is 445. The van der Waals surface area contributed by atoms with Gasteiger partial charge in [-0.2, -0.15) is 0 Å². The first-order chi connectivity index (χ1) is 9.20. The van der Waals surface area contributed by atoms with E-state index in [4.69, 9.17) is 0 Å². The second kappa shape index (κ2) is 6.36. The minimum Gasteiger partial charge on any atom is -0.356 e. The van der Waals surface area contributed by atoms with Crippen molar-refractivity contribution in [3.8, 4) is 0 Å². The molecule has 1 aromatic rings. The third kappa shape index (κ3) is 3.56. The monoisotopic (exact) mass is 260 g/mol. The van der Waals surface area contributed by atoms with E-state index in [0.29, 0.717) is 25.9 Å². The van der Waals surface area contributed by atoms with Crippen molar-refractivity contribution in [3.63, 3.8) is 0 Å². The van der Waals surface area contributed by atoms with Gasteiger partial charge in [-0.05, 0) is 18.6 Å². The van der Waals surface area contributed by atoms with Gasteiger partial charge in [0.05, 0.1) is 0 Å². The lowest BCUT2D eigenvalue weighted by molar-refractivity contribution is -0.121. The van der Waals surface area contributed by atoms with E-state index in [-0.39, 0.29) is 17.7 Å². The molecule has 1 N–H and O–H groups in total. The molecule has 0 spiro atoms. The molecule has 1 aliphatic rings. The first-order valence-electron chi connectivity index (χ1n) is 6.82. The summed E-state index contributed by atoms with van der Waals surface area (Å²) < 4.78 is 0. The zero-order valence-corrected chi connectivity index (χ0v) is 11.3. The Morgan fingerprint density at radius 1 is 1.37 bits per heavy atom. The van der Waals surface area contributed by atoms with E-state index in [0.717, 1.165) is 12.1 Å². The number of carbonyl (C=O) groups excluding carboxylic acids is 2. The molecule has 0 bridgehead atoms. The molecule has 0 aromatic heterocycles. The molecule has 1 aromatic carbocycles. The molecule has 2 amide bonds. The fraction of sp³-hybridized carbons (Fsp3) is 0.467. The summed E-state index contributed by atoms with van der Waals surface area (Å²) in [5, 5.41) is 2.90. The Hall–Kier alpha value is -1.84. The average Bonchev–Trinajstić information content (AvgIpc) is 2.79. The minimum absolute atomic E-state index is 0.0770. The van der Waals surface area contributed by atoms with E-state index >= 15 is 0 Å². The number of hydrogen-bond acceptors (Lipinski definition) is 2. The van der Waals surface area contributed by atoms with Gasteiger partial charge in [0.1, 0.15) is 0 Å². The number of anilines is 1. The van der Waals surface area contributed by atoms with Crippen molar-refractivity contribution in [2.75, 3.05) is 18.0 Å². The molecule has 1 heterocycles. The molecule has 102 valence electrons. The molecular weight excluding hydrogens is 240 g/mol. The normalized spacial score (nSPS) is 18.7. The highest BCUT2D eigenvalue weighted by molar-refractivity contribution is 5.95. The van der Waals surface area contributed by atoms with Crippen LogP contribution in [0.2, 0.25) is 0 Å². The molecule has 0 aliphatic carbocycles. The minimum atomic E-state index is 0.0770. The van der Waals surface area contributed by atoms with Crippen LogP contribution >= 0.6 is 0 Å². The van der Waals surface area contributed by atoms with Gasteiger partial charge in [-0.3, -0.25) is 9.59 Å². The molecule has 19 heavy (non-hydrogen) atoms. The van der Waals surface area contributed by atoms with Crippen molar-refractivity contribution in [1.29, 1.82) is 0 Å². The van der Waals surface area contributed by atoms with Crippen LogP contribution in [0.25, 0.3) is 0 Å². The zero-order valence-electron chi connectivity index (χ0n) is 11.3. The summed E-state index contributed by atoms with van der Waals surface area (Å²) in [4.78, 5) is 25.2. The molecular formula is C15H20N2O2. The van der Waals surface area contributed by atoms with Crippen molar-refractivity contribution < 1.29 is 9.59 Å². The van der Waals surface area contributed by atoms with Crippen molar-refractivity contribution in [3.05, 3.63) is 30.3 Å². The van der Waals surface area contributed by atoms with Crippen LogP contribution in [0.3, 0.4) is 0 Å². The Morgan fingerprint density at radius 3 is 2.79 bits per heavy atom. The van der Waals surface area contributed by atoms with Crippen molar-refractivity contribution >= 4 is 17.5 Å². The van der Waals surface area contributed by atoms with Crippen LogP contribution in [-0.2, 0) is 9.59 Å².